The molecule has 34 heavy (non-hydrogen) atoms. The first kappa shape index (κ1) is 26.1. The highest BCUT2D eigenvalue weighted by molar-refractivity contribution is 7.60. The second-order valence-electron chi connectivity index (χ2n) is 6.82. The van der Waals surface area contributed by atoms with Crippen LogP contribution in [0.1, 0.15) is 6.23 Å². The number of hydrogen-bond donors (Lipinski definition) is 7. The average Bonchev–Trinajstić information content (AvgIpc) is 3.31. The number of aliphatic hydroxyl groups excluding tert-OH is 2. The first-order valence-electron chi connectivity index (χ1n) is 9.32. The van der Waals surface area contributed by atoms with Crippen molar-refractivity contribution < 1.29 is 47.6 Å². The molecule has 0 radical (unpaired) electrons. The van der Waals surface area contributed by atoms with Crippen LogP contribution in [0.4, 0.5) is 0 Å². The summed E-state index contributed by atoms with van der Waals surface area (Å²) in [6.45, 7) is -0.902. The number of phosphoric acid groups is 2. The Kier molecular flexibility index (Phi) is 8.00. The lowest BCUT2D eigenvalue weighted by atomic mass is 10.1. The second-order valence-corrected chi connectivity index (χ2v) is 9.65. The monoisotopic (exact) mass is 522 g/mol. The lowest BCUT2D eigenvalue weighted by molar-refractivity contribution is -0.0542. The molecule has 3 aromatic rings. The van der Waals surface area contributed by atoms with Crippen LogP contribution >= 0.6 is 15.6 Å². The minimum atomic E-state index is -5.32. The maximum atomic E-state index is 11.7. The summed E-state index contributed by atoms with van der Waals surface area (Å²) in [4.78, 5) is 57.8. The smallest absolute Gasteiger partial charge is 0.387 e. The normalized spacial score (nSPS) is 24.4. The van der Waals surface area contributed by atoms with E-state index in [-0.39, 0.29) is 0 Å². The molecule has 4 rings (SSSR count). The first-order valence-corrected chi connectivity index (χ1v) is 12.3. The molecule has 186 valence electrons. The molecule has 18 heteroatoms. The van der Waals surface area contributed by atoms with Crippen LogP contribution in [0.15, 0.2) is 52.4 Å². The van der Waals surface area contributed by atoms with Gasteiger partial charge in [0.1, 0.15) is 18.3 Å². The first-order chi connectivity index (χ1) is 15.9. The van der Waals surface area contributed by atoms with Crippen molar-refractivity contribution in [2.45, 2.75) is 24.5 Å². The molecule has 0 spiro atoms. The minimum Gasteiger partial charge on any atom is -0.387 e. The number of aliphatic hydroxyl groups is 2. The molecule has 1 aromatic carbocycles. The molecular weight excluding hydrogens is 502 g/mol. The van der Waals surface area contributed by atoms with E-state index < -0.39 is 58.0 Å². The Hall–Kier alpha value is -2.49. The summed E-state index contributed by atoms with van der Waals surface area (Å²) >= 11 is 0. The SMILES string of the molecule is O=c1ccn([C@@H]2O[C@H](COP(=O)(O)OP(=O)(O)O)[C@@H](O)[C@H]2O)c(=O)[nH]1.c1ccc2[nH]cnc2c1. The molecule has 0 aliphatic carbocycles. The maximum absolute atomic E-state index is 11.7. The summed E-state index contributed by atoms with van der Waals surface area (Å²) in [5, 5.41) is 19.8. The zero-order chi connectivity index (χ0) is 25.1. The molecule has 5 atom stereocenters. The fraction of sp³-hybridized carbons (Fsp3) is 0.312. The van der Waals surface area contributed by atoms with Gasteiger partial charge in [-0.1, -0.05) is 12.1 Å². The van der Waals surface area contributed by atoms with E-state index in [0.29, 0.717) is 0 Å². The van der Waals surface area contributed by atoms with E-state index in [1.807, 2.05) is 29.2 Å². The maximum Gasteiger partial charge on any atom is 0.481 e. The van der Waals surface area contributed by atoms with Crippen LogP contribution in [-0.4, -0.2) is 69.3 Å². The van der Waals surface area contributed by atoms with Gasteiger partial charge >= 0.3 is 21.3 Å². The summed E-state index contributed by atoms with van der Waals surface area (Å²) in [6.07, 6.45) is -3.55. The van der Waals surface area contributed by atoms with Crippen molar-refractivity contribution >= 4 is 26.7 Å². The van der Waals surface area contributed by atoms with Gasteiger partial charge in [0.05, 0.1) is 24.0 Å². The number of para-hydroxylation sites is 2. The van der Waals surface area contributed by atoms with Crippen LogP contribution in [0.25, 0.3) is 11.0 Å². The number of ether oxygens (including phenoxy) is 1. The van der Waals surface area contributed by atoms with Crippen LogP contribution < -0.4 is 11.2 Å². The molecule has 16 nitrogen and oxygen atoms in total. The molecule has 1 saturated heterocycles. The molecule has 1 unspecified atom stereocenters. The van der Waals surface area contributed by atoms with E-state index >= 15 is 0 Å². The molecule has 3 heterocycles. The van der Waals surface area contributed by atoms with E-state index in [4.69, 9.17) is 19.4 Å². The number of benzene rings is 1. The van der Waals surface area contributed by atoms with Crippen molar-refractivity contribution in [2.24, 2.45) is 0 Å². The number of nitrogens with zero attached hydrogens (tertiary/aromatic N) is 2. The molecule has 1 aliphatic heterocycles. The van der Waals surface area contributed by atoms with Crippen LogP contribution in [0.2, 0.25) is 0 Å². The lowest BCUT2D eigenvalue weighted by Gasteiger charge is -2.17. The summed E-state index contributed by atoms with van der Waals surface area (Å²) in [7, 11) is -10.5. The third-order valence-electron chi connectivity index (χ3n) is 4.40. The number of H-pyrrole nitrogens is 2. The molecule has 0 amide bonds. The standard InChI is InChI=1S/C9H14N2O12P2.C7H6N2/c12-5-1-2-11(9(15)10-5)8-7(14)6(13)4(22-8)3-21-25(19,20)23-24(16,17)18;1-2-4-7-6(3-1)8-5-9-7/h1-2,4,6-8,13-14H,3H2,(H,19,20)(H,10,12,15)(H2,16,17,18);1-5H,(H,8,9)/t4-,6-,7-,8-;/m1./s1. The highest BCUT2D eigenvalue weighted by Crippen LogP contribution is 2.57. The number of rotatable bonds is 6. The number of aromatic amines is 2. The lowest BCUT2D eigenvalue weighted by Crippen LogP contribution is -2.37. The van der Waals surface area contributed by atoms with Crippen LogP contribution in [-0.2, 0) is 22.7 Å². The van der Waals surface area contributed by atoms with E-state index in [0.717, 1.165) is 27.9 Å². The molecule has 1 fully saturated rings. The van der Waals surface area contributed by atoms with Crippen molar-refractivity contribution in [1.82, 2.24) is 19.5 Å². The largest absolute Gasteiger partial charge is 0.481 e. The average molecular weight is 522 g/mol. The van der Waals surface area contributed by atoms with E-state index in [1.54, 1.807) is 6.33 Å². The van der Waals surface area contributed by atoms with Crippen molar-refractivity contribution in [3.8, 4) is 0 Å². The van der Waals surface area contributed by atoms with Gasteiger partial charge in [-0.3, -0.25) is 18.9 Å². The predicted molar refractivity (Wildman–Crippen MR) is 112 cm³/mol. The number of hydrogen-bond acceptors (Lipinski definition) is 10. The predicted octanol–water partition coefficient (Wildman–Crippen LogP) is -1.06. The molecule has 7 N–H and O–H groups in total. The number of phosphoric ester groups is 1. The van der Waals surface area contributed by atoms with Crippen molar-refractivity contribution in [3.05, 3.63) is 63.7 Å². The van der Waals surface area contributed by atoms with Gasteiger partial charge in [-0.2, -0.15) is 4.31 Å². The zero-order valence-corrected chi connectivity index (χ0v) is 18.7. The van der Waals surface area contributed by atoms with E-state index in [2.05, 4.69) is 18.8 Å². The molecule has 2 aromatic heterocycles. The van der Waals surface area contributed by atoms with E-state index in [9.17, 15) is 28.9 Å². The van der Waals surface area contributed by atoms with Gasteiger partial charge in [-0.15, -0.1) is 0 Å². The Balaban J connectivity index is 0.000000296. The highest BCUT2D eigenvalue weighted by Gasteiger charge is 2.45. The molecular formula is C16H20N4O12P2. The zero-order valence-electron chi connectivity index (χ0n) is 16.9. The van der Waals surface area contributed by atoms with E-state index in [1.165, 1.54) is 0 Å². The molecule has 1 aliphatic rings. The van der Waals surface area contributed by atoms with Gasteiger partial charge in [-0.05, 0) is 12.1 Å². The van der Waals surface area contributed by atoms with Crippen molar-refractivity contribution in [2.75, 3.05) is 6.61 Å². The van der Waals surface area contributed by atoms with Gasteiger partial charge < -0.3 is 34.6 Å². The van der Waals surface area contributed by atoms with Crippen molar-refractivity contribution in [3.63, 3.8) is 0 Å². The summed E-state index contributed by atoms with van der Waals surface area (Å²) in [5.41, 5.74) is 0.475. The minimum absolute atomic E-state index is 0.704. The van der Waals surface area contributed by atoms with Crippen LogP contribution in [0.3, 0.4) is 0 Å². The topological polar surface area (TPSA) is 247 Å². The van der Waals surface area contributed by atoms with Gasteiger partial charge in [0.2, 0.25) is 0 Å². The van der Waals surface area contributed by atoms with Gasteiger partial charge in [0.15, 0.2) is 6.23 Å². The highest BCUT2D eigenvalue weighted by atomic mass is 31.3. The quantitative estimate of drug-likeness (QED) is 0.191. The fourth-order valence-electron chi connectivity index (χ4n) is 2.93. The summed E-state index contributed by atoms with van der Waals surface area (Å²) in [6, 6.07) is 8.90. The van der Waals surface area contributed by atoms with Crippen LogP contribution in [0, 0.1) is 0 Å². The Labute approximate surface area is 189 Å². The Morgan fingerprint density at radius 2 is 1.79 bits per heavy atom. The summed E-state index contributed by atoms with van der Waals surface area (Å²) < 4.78 is 35.6. The van der Waals surface area contributed by atoms with Gasteiger partial charge in [0, 0.05) is 12.3 Å². The number of aromatic nitrogens is 4. The Morgan fingerprint density at radius 1 is 1.09 bits per heavy atom. The molecule has 0 saturated carbocycles. The number of imidazole rings is 1. The molecule has 0 bridgehead atoms. The summed E-state index contributed by atoms with van der Waals surface area (Å²) in [5.74, 6) is 0. The third-order valence-corrected chi connectivity index (χ3v) is 6.55. The Bertz CT molecular complexity index is 1300. The van der Waals surface area contributed by atoms with Gasteiger partial charge in [-0.25, -0.2) is 18.9 Å². The van der Waals surface area contributed by atoms with Crippen LogP contribution in [0.5, 0.6) is 0 Å². The van der Waals surface area contributed by atoms with Gasteiger partial charge in [0.25, 0.3) is 5.56 Å². The number of nitrogens with one attached hydrogen (secondary N) is 2. The second kappa shape index (κ2) is 10.4. The number of fused-ring (bicyclic) bond motifs is 1. The fourth-order valence-corrected chi connectivity index (χ4v) is 4.53. The Morgan fingerprint density at radius 3 is 2.44 bits per heavy atom. The van der Waals surface area contributed by atoms with Crippen molar-refractivity contribution in [1.29, 1.82) is 0 Å². The third kappa shape index (κ3) is 6.77.